The van der Waals surface area contributed by atoms with Crippen molar-refractivity contribution >= 4 is 5.69 Å². The number of rotatable bonds is 3. The summed E-state index contributed by atoms with van der Waals surface area (Å²) >= 11 is 0. The number of aromatic hydroxyl groups is 1. The maximum absolute atomic E-state index is 10.9. The first kappa shape index (κ1) is 12.3. The Morgan fingerprint density at radius 3 is 2.44 bits per heavy atom. The normalized spacial score (nSPS) is 10.6. The van der Waals surface area contributed by atoms with Gasteiger partial charge in [0.2, 0.25) is 5.75 Å². The van der Waals surface area contributed by atoms with Gasteiger partial charge in [0.1, 0.15) is 5.75 Å². The predicted octanol–water partition coefficient (Wildman–Crippen LogP) is 2.74. The average molecular weight is 225 g/mol. The Hall–Kier alpha value is -1.78. The highest BCUT2D eigenvalue weighted by Crippen LogP contribution is 2.42. The van der Waals surface area contributed by atoms with Crippen LogP contribution in [0.3, 0.4) is 0 Å². The summed E-state index contributed by atoms with van der Waals surface area (Å²) < 4.78 is 5.08. The van der Waals surface area contributed by atoms with Crippen molar-refractivity contribution in [2.24, 2.45) is 0 Å². The summed E-state index contributed by atoms with van der Waals surface area (Å²) in [5.74, 6) is 0.201. The first-order valence-electron chi connectivity index (χ1n) is 4.95. The fourth-order valence-electron chi connectivity index (χ4n) is 1.61. The second-order valence-corrected chi connectivity index (χ2v) is 3.90. The van der Waals surface area contributed by atoms with E-state index in [0.717, 1.165) is 0 Å². The summed E-state index contributed by atoms with van der Waals surface area (Å²) in [6, 6.07) is 1.52. The monoisotopic (exact) mass is 225 g/mol. The number of benzene rings is 1. The molecule has 0 spiro atoms. The van der Waals surface area contributed by atoms with Crippen molar-refractivity contribution in [3.05, 3.63) is 27.3 Å². The molecular weight excluding hydrogens is 210 g/mol. The van der Waals surface area contributed by atoms with Crippen molar-refractivity contribution in [1.82, 2.24) is 0 Å². The lowest BCUT2D eigenvalue weighted by atomic mass is 9.98. The summed E-state index contributed by atoms with van der Waals surface area (Å²) in [6.07, 6.45) is 0. The van der Waals surface area contributed by atoms with Crippen LogP contribution in [0.25, 0.3) is 0 Å². The van der Waals surface area contributed by atoms with Crippen LogP contribution in [-0.4, -0.2) is 17.1 Å². The van der Waals surface area contributed by atoms with E-state index in [2.05, 4.69) is 0 Å². The molecule has 0 aliphatic heterocycles. The van der Waals surface area contributed by atoms with E-state index in [-0.39, 0.29) is 28.7 Å². The minimum absolute atomic E-state index is 0.0418. The van der Waals surface area contributed by atoms with E-state index < -0.39 is 4.92 Å². The fraction of sp³-hybridized carbons (Fsp3) is 0.455. The Kier molecular flexibility index (Phi) is 3.37. The maximum Gasteiger partial charge on any atom is 0.317 e. The lowest BCUT2D eigenvalue weighted by molar-refractivity contribution is -0.386. The molecule has 0 unspecified atom stereocenters. The Morgan fingerprint density at radius 1 is 1.50 bits per heavy atom. The molecule has 0 aliphatic carbocycles. The highest BCUT2D eigenvalue weighted by Gasteiger charge is 2.26. The number of phenols is 1. The van der Waals surface area contributed by atoms with E-state index in [9.17, 15) is 15.2 Å². The summed E-state index contributed by atoms with van der Waals surface area (Å²) in [7, 11) is 1.39. The zero-order valence-electron chi connectivity index (χ0n) is 9.77. The van der Waals surface area contributed by atoms with Crippen molar-refractivity contribution in [1.29, 1.82) is 0 Å². The van der Waals surface area contributed by atoms with E-state index in [0.29, 0.717) is 5.56 Å². The van der Waals surface area contributed by atoms with Gasteiger partial charge in [-0.15, -0.1) is 0 Å². The molecule has 5 nitrogen and oxygen atoms in total. The third kappa shape index (κ3) is 1.93. The van der Waals surface area contributed by atoms with Crippen molar-refractivity contribution in [3.8, 4) is 11.5 Å². The van der Waals surface area contributed by atoms with E-state index in [1.54, 1.807) is 0 Å². The van der Waals surface area contributed by atoms with Gasteiger partial charge >= 0.3 is 5.69 Å². The molecule has 0 aliphatic rings. The van der Waals surface area contributed by atoms with Crippen LogP contribution in [0.5, 0.6) is 11.5 Å². The standard InChI is InChI=1S/C11H15NO4/c1-6(2)8-5-9(13)7(3)10(12(14)15)11(8)16-4/h5-6,13H,1-4H3. The van der Waals surface area contributed by atoms with E-state index in [4.69, 9.17) is 4.74 Å². The molecule has 5 heteroatoms. The van der Waals surface area contributed by atoms with Gasteiger partial charge in [0.05, 0.1) is 17.6 Å². The third-order valence-corrected chi connectivity index (χ3v) is 2.52. The second kappa shape index (κ2) is 4.38. The number of hydrogen-bond acceptors (Lipinski definition) is 4. The Bertz CT molecular complexity index is 426. The molecule has 0 radical (unpaired) electrons. The molecule has 0 amide bonds. The van der Waals surface area contributed by atoms with Crippen LogP contribution in [0.15, 0.2) is 6.07 Å². The molecule has 16 heavy (non-hydrogen) atoms. The largest absolute Gasteiger partial charge is 0.507 e. The van der Waals surface area contributed by atoms with Crippen molar-refractivity contribution in [2.75, 3.05) is 7.11 Å². The summed E-state index contributed by atoms with van der Waals surface area (Å²) in [5.41, 5.74) is 0.703. The van der Waals surface area contributed by atoms with Crippen LogP contribution in [0.1, 0.15) is 30.9 Å². The zero-order chi connectivity index (χ0) is 12.5. The first-order chi connectivity index (χ1) is 7.40. The Balaban J connectivity index is 3.62. The molecule has 0 atom stereocenters. The molecule has 88 valence electrons. The molecule has 1 N–H and O–H groups in total. The molecule has 0 saturated heterocycles. The van der Waals surface area contributed by atoms with E-state index in [1.165, 1.54) is 20.1 Å². The smallest absolute Gasteiger partial charge is 0.317 e. The van der Waals surface area contributed by atoms with Crippen LogP contribution in [0.2, 0.25) is 0 Å². The van der Waals surface area contributed by atoms with Crippen LogP contribution < -0.4 is 4.74 Å². The van der Waals surface area contributed by atoms with Gasteiger partial charge in [0.25, 0.3) is 0 Å². The summed E-state index contributed by atoms with van der Waals surface area (Å²) in [4.78, 5) is 10.4. The van der Waals surface area contributed by atoms with Crippen molar-refractivity contribution < 1.29 is 14.8 Å². The Labute approximate surface area is 93.8 Å². The van der Waals surface area contributed by atoms with Crippen LogP contribution >= 0.6 is 0 Å². The quantitative estimate of drug-likeness (QED) is 0.634. The molecular formula is C11H15NO4. The first-order valence-corrected chi connectivity index (χ1v) is 4.95. The van der Waals surface area contributed by atoms with E-state index in [1.807, 2.05) is 13.8 Å². The van der Waals surface area contributed by atoms with Gasteiger partial charge in [-0.3, -0.25) is 10.1 Å². The number of ether oxygens (including phenoxy) is 1. The number of nitro benzene ring substituents is 1. The van der Waals surface area contributed by atoms with Crippen LogP contribution in [0.4, 0.5) is 5.69 Å². The van der Waals surface area contributed by atoms with Gasteiger partial charge in [0.15, 0.2) is 0 Å². The molecule has 1 rings (SSSR count). The van der Waals surface area contributed by atoms with Gasteiger partial charge in [-0.25, -0.2) is 0 Å². The number of hydrogen-bond donors (Lipinski definition) is 1. The Morgan fingerprint density at radius 2 is 2.06 bits per heavy atom. The average Bonchev–Trinajstić information content (AvgIpc) is 2.20. The molecule has 0 saturated carbocycles. The molecule has 0 fully saturated rings. The van der Waals surface area contributed by atoms with Crippen molar-refractivity contribution in [3.63, 3.8) is 0 Å². The minimum Gasteiger partial charge on any atom is -0.507 e. The van der Waals surface area contributed by atoms with Crippen LogP contribution in [-0.2, 0) is 0 Å². The number of methoxy groups -OCH3 is 1. The van der Waals surface area contributed by atoms with Gasteiger partial charge in [-0.05, 0) is 18.9 Å². The maximum atomic E-state index is 10.9. The number of nitro groups is 1. The fourth-order valence-corrected chi connectivity index (χ4v) is 1.61. The lowest BCUT2D eigenvalue weighted by Gasteiger charge is -2.14. The summed E-state index contributed by atoms with van der Waals surface area (Å²) in [6.45, 7) is 5.27. The van der Waals surface area contributed by atoms with Gasteiger partial charge < -0.3 is 9.84 Å². The molecule has 1 aromatic rings. The zero-order valence-corrected chi connectivity index (χ0v) is 9.77. The van der Waals surface area contributed by atoms with Gasteiger partial charge in [0, 0.05) is 5.56 Å². The molecule has 0 bridgehead atoms. The van der Waals surface area contributed by atoms with Crippen LogP contribution in [0, 0.1) is 17.0 Å². The van der Waals surface area contributed by atoms with Gasteiger partial charge in [-0.2, -0.15) is 0 Å². The highest BCUT2D eigenvalue weighted by atomic mass is 16.6. The topological polar surface area (TPSA) is 72.6 Å². The number of phenolic OH excluding ortho intramolecular Hbond substituents is 1. The summed E-state index contributed by atoms with van der Waals surface area (Å²) in [5, 5.41) is 20.6. The third-order valence-electron chi connectivity index (χ3n) is 2.52. The lowest BCUT2D eigenvalue weighted by Crippen LogP contribution is -2.02. The molecule has 0 aromatic heterocycles. The molecule has 0 heterocycles. The predicted molar refractivity (Wildman–Crippen MR) is 60.1 cm³/mol. The minimum atomic E-state index is -0.528. The number of nitrogens with zero attached hydrogens (tertiary/aromatic N) is 1. The second-order valence-electron chi connectivity index (χ2n) is 3.90. The SMILES string of the molecule is COc1c(C(C)C)cc(O)c(C)c1[N+](=O)[O-]. The van der Waals surface area contributed by atoms with Gasteiger partial charge in [-0.1, -0.05) is 13.8 Å². The highest BCUT2D eigenvalue weighted by molar-refractivity contribution is 5.62. The molecule has 1 aromatic carbocycles. The van der Waals surface area contributed by atoms with Crippen molar-refractivity contribution in [2.45, 2.75) is 26.7 Å². The van der Waals surface area contributed by atoms with E-state index >= 15 is 0 Å².